The average molecular weight is 366 g/mol. The highest BCUT2D eigenvalue weighted by Gasteiger charge is 2.51. The summed E-state index contributed by atoms with van der Waals surface area (Å²) in [5.41, 5.74) is 0.664. The van der Waals surface area contributed by atoms with Crippen molar-refractivity contribution in [1.29, 1.82) is 0 Å². The molecule has 1 atom stereocenters. The molecule has 27 heavy (non-hydrogen) atoms. The van der Waals surface area contributed by atoms with Gasteiger partial charge in [0.15, 0.2) is 0 Å². The Morgan fingerprint density at radius 1 is 1.19 bits per heavy atom. The molecule has 2 aliphatic rings. The van der Waals surface area contributed by atoms with Crippen molar-refractivity contribution in [2.45, 2.75) is 43.6 Å². The second-order valence-electron chi connectivity index (χ2n) is 7.65. The topological polar surface area (TPSA) is 67.2 Å². The van der Waals surface area contributed by atoms with E-state index in [2.05, 4.69) is 15.3 Å². The first kappa shape index (κ1) is 17.8. The van der Waals surface area contributed by atoms with Crippen LogP contribution in [0, 0.1) is 0 Å². The van der Waals surface area contributed by atoms with Crippen molar-refractivity contribution in [1.82, 2.24) is 15.1 Å². The molecule has 1 aromatic carbocycles. The molecule has 6 nitrogen and oxygen atoms in total. The van der Waals surface area contributed by atoms with Gasteiger partial charge in [0.1, 0.15) is 5.82 Å². The Morgan fingerprint density at radius 2 is 1.96 bits per heavy atom. The molecule has 0 bridgehead atoms. The number of aromatic nitrogens is 2. The number of benzene rings is 1. The molecule has 0 radical (unpaired) electrons. The molecular formula is C21H26N4O2. The molecule has 0 spiro atoms. The molecule has 1 N–H and O–H groups in total. The molecule has 6 heteroatoms. The lowest BCUT2D eigenvalue weighted by molar-refractivity contribution is -0.123. The lowest BCUT2D eigenvalue weighted by Gasteiger charge is -2.37. The number of rotatable bonds is 5. The molecule has 2 aromatic rings. The van der Waals surface area contributed by atoms with Crippen LogP contribution >= 0.6 is 0 Å². The highest BCUT2D eigenvalue weighted by Crippen LogP contribution is 2.48. The van der Waals surface area contributed by atoms with Gasteiger partial charge in [0.25, 0.3) is 5.56 Å². The standard InChI is InChI=1S/C21H26N4O2/c1-24-19(26)11-10-18(23-24)25-14-6-5-9-17(25)15-22-20(27)21(12-13-21)16-7-3-2-4-8-16/h2-4,7-8,10-11,17H,5-6,9,12-15H2,1H3,(H,22,27). The summed E-state index contributed by atoms with van der Waals surface area (Å²) in [7, 11) is 1.67. The first-order chi connectivity index (χ1) is 13.1. The molecule has 1 aromatic heterocycles. The van der Waals surface area contributed by atoms with Gasteiger partial charge in [-0.1, -0.05) is 30.3 Å². The number of amides is 1. The Morgan fingerprint density at radius 3 is 2.67 bits per heavy atom. The van der Waals surface area contributed by atoms with Crippen LogP contribution in [0.25, 0.3) is 0 Å². The Labute approximate surface area is 159 Å². The summed E-state index contributed by atoms with van der Waals surface area (Å²) in [6.07, 6.45) is 5.10. The summed E-state index contributed by atoms with van der Waals surface area (Å²) in [6, 6.07) is 13.6. The van der Waals surface area contributed by atoms with Gasteiger partial charge in [-0.15, -0.1) is 0 Å². The van der Waals surface area contributed by atoms with Crippen molar-refractivity contribution >= 4 is 11.7 Å². The molecule has 1 aliphatic carbocycles. The second-order valence-corrected chi connectivity index (χ2v) is 7.65. The number of hydrogen-bond acceptors (Lipinski definition) is 4. The maximum absolute atomic E-state index is 12.9. The van der Waals surface area contributed by atoms with E-state index < -0.39 is 0 Å². The summed E-state index contributed by atoms with van der Waals surface area (Å²) in [4.78, 5) is 26.8. The Bertz CT molecular complexity index is 873. The zero-order chi connectivity index (χ0) is 18.9. The van der Waals surface area contributed by atoms with Crippen LogP contribution in [0.5, 0.6) is 0 Å². The molecule has 2 heterocycles. The maximum atomic E-state index is 12.9. The van der Waals surface area contributed by atoms with Crippen molar-refractivity contribution in [2.75, 3.05) is 18.0 Å². The van der Waals surface area contributed by atoms with Crippen LogP contribution in [-0.4, -0.2) is 34.8 Å². The van der Waals surface area contributed by atoms with Crippen LogP contribution in [-0.2, 0) is 17.3 Å². The van der Waals surface area contributed by atoms with Crippen molar-refractivity contribution in [2.24, 2.45) is 7.05 Å². The van der Waals surface area contributed by atoms with Crippen molar-refractivity contribution in [3.63, 3.8) is 0 Å². The SMILES string of the molecule is Cn1nc(N2CCCCC2CNC(=O)C2(c3ccccc3)CC2)ccc1=O. The van der Waals surface area contributed by atoms with E-state index >= 15 is 0 Å². The minimum Gasteiger partial charge on any atom is -0.353 e. The zero-order valence-corrected chi connectivity index (χ0v) is 15.7. The van der Waals surface area contributed by atoms with Gasteiger partial charge in [0.05, 0.1) is 5.41 Å². The van der Waals surface area contributed by atoms with Gasteiger partial charge in [-0.2, -0.15) is 5.10 Å². The third kappa shape index (κ3) is 3.48. The van der Waals surface area contributed by atoms with Crippen LogP contribution in [0.2, 0.25) is 0 Å². The number of nitrogens with one attached hydrogen (secondary N) is 1. The Balaban J connectivity index is 1.45. The van der Waals surface area contributed by atoms with E-state index in [9.17, 15) is 9.59 Å². The minimum absolute atomic E-state index is 0.112. The minimum atomic E-state index is -0.338. The van der Waals surface area contributed by atoms with E-state index in [1.165, 1.54) is 4.68 Å². The van der Waals surface area contributed by atoms with Crippen LogP contribution in [0.1, 0.15) is 37.7 Å². The fraction of sp³-hybridized carbons (Fsp3) is 0.476. The fourth-order valence-electron chi connectivity index (χ4n) is 4.07. The molecule has 1 saturated carbocycles. The van der Waals surface area contributed by atoms with Gasteiger partial charge in [0, 0.05) is 32.2 Å². The van der Waals surface area contributed by atoms with E-state index in [1.807, 2.05) is 30.3 Å². The van der Waals surface area contributed by atoms with Crippen molar-refractivity contribution in [3.8, 4) is 0 Å². The smallest absolute Gasteiger partial charge is 0.266 e. The second kappa shape index (κ2) is 7.18. The van der Waals surface area contributed by atoms with Gasteiger partial charge in [0.2, 0.25) is 5.91 Å². The molecule has 142 valence electrons. The summed E-state index contributed by atoms with van der Waals surface area (Å²) >= 11 is 0. The highest BCUT2D eigenvalue weighted by atomic mass is 16.2. The highest BCUT2D eigenvalue weighted by molar-refractivity contribution is 5.91. The average Bonchev–Trinajstić information content (AvgIpc) is 3.51. The van der Waals surface area contributed by atoms with Crippen molar-refractivity contribution in [3.05, 3.63) is 58.4 Å². The van der Waals surface area contributed by atoms with Crippen LogP contribution in [0.3, 0.4) is 0 Å². The van der Waals surface area contributed by atoms with Gasteiger partial charge < -0.3 is 10.2 Å². The molecule has 1 aliphatic heterocycles. The predicted molar refractivity (Wildman–Crippen MR) is 105 cm³/mol. The van der Waals surface area contributed by atoms with E-state index in [1.54, 1.807) is 19.2 Å². The zero-order valence-electron chi connectivity index (χ0n) is 15.7. The lowest BCUT2D eigenvalue weighted by atomic mass is 9.94. The number of hydrogen-bond donors (Lipinski definition) is 1. The van der Waals surface area contributed by atoms with Crippen molar-refractivity contribution < 1.29 is 4.79 Å². The fourth-order valence-corrected chi connectivity index (χ4v) is 4.07. The molecule has 1 unspecified atom stereocenters. The summed E-state index contributed by atoms with van der Waals surface area (Å²) < 4.78 is 1.37. The van der Waals surface area contributed by atoms with Crippen LogP contribution in [0.15, 0.2) is 47.3 Å². The monoisotopic (exact) mass is 366 g/mol. The number of nitrogens with zero attached hydrogens (tertiary/aromatic N) is 3. The first-order valence-corrected chi connectivity index (χ1v) is 9.75. The largest absolute Gasteiger partial charge is 0.353 e. The molecule has 4 rings (SSSR count). The third-order valence-corrected chi connectivity index (χ3v) is 5.88. The van der Waals surface area contributed by atoms with E-state index in [0.717, 1.165) is 50.0 Å². The summed E-state index contributed by atoms with van der Waals surface area (Å²) in [6.45, 7) is 1.51. The van der Waals surface area contributed by atoms with Gasteiger partial charge >= 0.3 is 0 Å². The van der Waals surface area contributed by atoms with Crippen LogP contribution in [0.4, 0.5) is 5.82 Å². The number of carbonyl (C=O) groups is 1. The number of aryl methyl sites for hydroxylation is 1. The van der Waals surface area contributed by atoms with E-state index in [4.69, 9.17) is 0 Å². The third-order valence-electron chi connectivity index (χ3n) is 5.88. The predicted octanol–water partition coefficient (Wildman–Crippen LogP) is 1.99. The lowest BCUT2D eigenvalue weighted by Crippen LogP contribution is -2.49. The number of piperidine rings is 1. The molecule has 2 fully saturated rings. The molecular weight excluding hydrogens is 340 g/mol. The Hall–Kier alpha value is -2.63. The summed E-state index contributed by atoms with van der Waals surface area (Å²) in [5, 5.41) is 7.60. The molecule has 1 amide bonds. The summed E-state index contributed by atoms with van der Waals surface area (Å²) in [5.74, 6) is 0.938. The number of carbonyl (C=O) groups excluding carboxylic acids is 1. The quantitative estimate of drug-likeness (QED) is 0.879. The van der Waals surface area contributed by atoms with Gasteiger partial charge in [-0.05, 0) is 43.7 Å². The molecule has 1 saturated heterocycles. The van der Waals surface area contributed by atoms with E-state index in [-0.39, 0.29) is 22.9 Å². The van der Waals surface area contributed by atoms with Crippen LogP contribution < -0.4 is 15.8 Å². The van der Waals surface area contributed by atoms with E-state index in [0.29, 0.717) is 6.54 Å². The van der Waals surface area contributed by atoms with Gasteiger partial charge in [-0.3, -0.25) is 9.59 Å². The number of anilines is 1. The van der Waals surface area contributed by atoms with Gasteiger partial charge in [-0.25, -0.2) is 4.68 Å². The maximum Gasteiger partial charge on any atom is 0.266 e. The first-order valence-electron chi connectivity index (χ1n) is 9.75. The Kier molecular flexibility index (Phi) is 4.72. The normalized spacial score (nSPS) is 20.9.